The normalized spacial score (nSPS) is 17.2. The van der Waals surface area contributed by atoms with Crippen molar-refractivity contribution in [3.05, 3.63) is 11.8 Å². The fraction of sp³-hybridized carbons (Fsp3) is 0.636. The van der Waals surface area contributed by atoms with Crippen LogP contribution in [0.25, 0.3) is 0 Å². The number of nitrogens with one attached hydrogen (secondary N) is 1. The van der Waals surface area contributed by atoms with Crippen molar-refractivity contribution in [1.82, 2.24) is 9.97 Å². The first-order valence-corrected chi connectivity index (χ1v) is 5.91. The van der Waals surface area contributed by atoms with Crippen LogP contribution in [0.4, 0.5) is 11.8 Å². The van der Waals surface area contributed by atoms with Crippen molar-refractivity contribution in [2.24, 2.45) is 11.8 Å². The second-order valence-electron chi connectivity index (χ2n) is 4.45. The Labute approximate surface area is 101 Å². The van der Waals surface area contributed by atoms with Crippen molar-refractivity contribution >= 4 is 11.8 Å². The standard InChI is InChI=1S/C11H19N5O/c1-8-6-10(14-11(13-8)15-12)16-4-2-9(7-17)3-5-16/h6,9,17H,2-5,7,12H2,1H3,(H,13,14,15). The molecule has 1 fully saturated rings. The number of hydrogen-bond donors (Lipinski definition) is 3. The van der Waals surface area contributed by atoms with E-state index in [1.165, 1.54) is 0 Å². The number of hydrazine groups is 1. The van der Waals surface area contributed by atoms with E-state index in [4.69, 9.17) is 10.9 Å². The molecule has 0 atom stereocenters. The predicted octanol–water partition coefficient (Wildman–Crippen LogP) is 0.279. The second kappa shape index (κ2) is 5.29. The molecule has 0 aliphatic carbocycles. The predicted molar refractivity (Wildman–Crippen MR) is 66.6 cm³/mol. The maximum Gasteiger partial charge on any atom is 0.239 e. The highest BCUT2D eigenvalue weighted by Gasteiger charge is 2.20. The van der Waals surface area contributed by atoms with Crippen LogP contribution in [0, 0.1) is 12.8 Å². The molecule has 1 aromatic heterocycles. The van der Waals surface area contributed by atoms with Crippen molar-refractivity contribution in [2.75, 3.05) is 30.0 Å². The maximum atomic E-state index is 9.10. The molecule has 0 radical (unpaired) electrons. The third kappa shape index (κ3) is 2.83. The molecule has 94 valence electrons. The summed E-state index contributed by atoms with van der Waals surface area (Å²) in [5.41, 5.74) is 3.37. The number of aromatic nitrogens is 2. The van der Waals surface area contributed by atoms with Gasteiger partial charge in [0.2, 0.25) is 5.95 Å². The fourth-order valence-electron chi connectivity index (χ4n) is 2.12. The first-order chi connectivity index (χ1) is 8.22. The van der Waals surface area contributed by atoms with Crippen molar-refractivity contribution in [2.45, 2.75) is 19.8 Å². The van der Waals surface area contributed by atoms with Gasteiger partial charge in [0.25, 0.3) is 0 Å². The Morgan fingerprint density at radius 2 is 2.18 bits per heavy atom. The lowest BCUT2D eigenvalue weighted by Crippen LogP contribution is -2.35. The summed E-state index contributed by atoms with van der Waals surface area (Å²) in [6.07, 6.45) is 2.01. The molecule has 17 heavy (non-hydrogen) atoms. The average molecular weight is 237 g/mol. The van der Waals surface area contributed by atoms with Crippen LogP contribution in [0.2, 0.25) is 0 Å². The molecule has 2 rings (SSSR count). The smallest absolute Gasteiger partial charge is 0.239 e. The van der Waals surface area contributed by atoms with Gasteiger partial charge in [-0.05, 0) is 25.7 Å². The molecule has 4 N–H and O–H groups in total. The maximum absolute atomic E-state index is 9.10. The molecule has 6 nitrogen and oxygen atoms in total. The lowest BCUT2D eigenvalue weighted by molar-refractivity contribution is 0.203. The largest absolute Gasteiger partial charge is 0.396 e. The lowest BCUT2D eigenvalue weighted by atomic mass is 9.98. The van der Waals surface area contributed by atoms with Crippen molar-refractivity contribution in [1.29, 1.82) is 0 Å². The van der Waals surface area contributed by atoms with Gasteiger partial charge < -0.3 is 10.0 Å². The molecule has 1 aromatic rings. The number of nitrogens with two attached hydrogens (primary N) is 1. The minimum Gasteiger partial charge on any atom is -0.396 e. The molecular formula is C11H19N5O. The highest BCUT2D eigenvalue weighted by atomic mass is 16.3. The van der Waals surface area contributed by atoms with E-state index in [-0.39, 0.29) is 6.61 Å². The third-order valence-electron chi connectivity index (χ3n) is 3.17. The molecule has 2 heterocycles. The topological polar surface area (TPSA) is 87.3 Å². The molecule has 0 unspecified atom stereocenters. The van der Waals surface area contributed by atoms with Gasteiger partial charge in [0.1, 0.15) is 5.82 Å². The average Bonchev–Trinajstić information content (AvgIpc) is 2.38. The van der Waals surface area contributed by atoms with Gasteiger partial charge in [-0.3, -0.25) is 5.43 Å². The molecular weight excluding hydrogens is 218 g/mol. The molecule has 0 bridgehead atoms. The third-order valence-corrected chi connectivity index (χ3v) is 3.17. The summed E-state index contributed by atoms with van der Waals surface area (Å²) in [5, 5.41) is 9.10. The second-order valence-corrected chi connectivity index (χ2v) is 4.45. The Bertz CT molecular complexity index is 376. The van der Waals surface area contributed by atoms with E-state index < -0.39 is 0 Å². The summed E-state index contributed by atoms with van der Waals surface area (Å²) in [6.45, 7) is 4.05. The summed E-state index contributed by atoms with van der Waals surface area (Å²) in [7, 11) is 0. The van der Waals surface area contributed by atoms with E-state index in [2.05, 4.69) is 20.3 Å². The molecule has 1 aliphatic rings. The number of anilines is 2. The highest BCUT2D eigenvalue weighted by molar-refractivity contribution is 5.44. The van der Waals surface area contributed by atoms with E-state index >= 15 is 0 Å². The molecule has 0 spiro atoms. The Morgan fingerprint density at radius 3 is 2.76 bits per heavy atom. The van der Waals surface area contributed by atoms with Crippen molar-refractivity contribution in [3.63, 3.8) is 0 Å². The summed E-state index contributed by atoms with van der Waals surface area (Å²) in [4.78, 5) is 10.7. The molecule has 1 aliphatic heterocycles. The van der Waals surface area contributed by atoms with Gasteiger partial charge in [0.15, 0.2) is 0 Å². The quantitative estimate of drug-likeness (QED) is 0.517. The van der Waals surface area contributed by atoms with Crippen LogP contribution in [0.3, 0.4) is 0 Å². The zero-order chi connectivity index (χ0) is 12.3. The number of nitrogen functional groups attached to an aromatic ring is 1. The Hall–Kier alpha value is -1.40. The summed E-state index contributed by atoms with van der Waals surface area (Å²) >= 11 is 0. The number of hydrogen-bond acceptors (Lipinski definition) is 6. The van der Waals surface area contributed by atoms with Gasteiger partial charge in [0.05, 0.1) is 0 Å². The molecule has 0 saturated carbocycles. The number of piperidine rings is 1. The van der Waals surface area contributed by atoms with E-state index in [0.717, 1.165) is 37.4 Å². The molecule has 6 heteroatoms. The first-order valence-electron chi connectivity index (χ1n) is 5.91. The van der Waals surface area contributed by atoms with Gasteiger partial charge in [0, 0.05) is 31.5 Å². The van der Waals surface area contributed by atoms with Crippen molar-refractivity contribution < 1.29 is 5.11 Å². The summed E-state index contributed by atoms with van der Waals surface area (Å²) < 4.78 is 0. The zero-order valence-corrected chi connectivity index (χ0v) is 10.1. The van der Waals surface area contributed by atoms with Crippen LogP contribution in [-0.4, -0.2) is 34.8 Å². The van der Waals surface area contributed by atoms with Crippen LogP contribution in [0.5, 0.6) is 0 Å². The first kappa shape index (κ1) is 12.1. The van der Waals surface area contributed by atoms with Gasteiger partial charge >= 0.3 is 0 Å². The van der Waals surface area contributed by atoms with E-state index in [9.17, 15) is 0 Å². The number of aliphatic hydroxyl groups is 1. The van der Waals surface area contributed by atoms with Gasteiger partial charge in [-0.1, -0.05) is 0 Å². The summed E-state index contributed by atoms with van der Waals surface area (Å²) in [6, 6.07) is 1.96. The van der Waals surface area contributed by atoms with Gasteiger partial charge in [-0.2, -0.15) is 4.98 Å². The Balaban J connectivity index is 2.10. The Morgan fingerprint density at radius 1 is 1.47 bits per heavy atom. The number of aliphatic hydroxyl groups excluding tert-OH is 1. The van der Waals surface area contributed by atoms with Gasteiger partial charge in [-0.15, -0.1) is 0 Å². The van der Waals surface area contributed by atoms with E-state index in [0.29, 0.717) is 11.9 Å². The van der Waals surface area contributed by atoms with Crippen LogP contribution in [0.1, 0.15) is 18.5 Å². The van der Waals surface area contributed by atoms with Gasteiger partial charge in [-0.25, -0.2) is 10.8 Å². The number of rotatable bonds is 3. The minimum atomic E-state index is 0.284. The summed E-state index contributed by atoms with van der Waals surface area (Å²) in [5.74, 6) is 7.12. The van der Waals surface area contributed by atoms with Crippen LogP contribution in [0.15, 0.2) is 6.07 Å². The van der Waals surface area contributed by atoms with Crippen LogP contribution >= 0.6 is 0 Å². The van der Waals surface area contributed by atoms with E-state index in [1.807, 2.05) is 13.0 Å². The zero-order valence-electron chi connectivity index (χ0n) is 10.1. The lowest BCUT2D eigenvalue weighted by Gasteiger charge is -2.32. The highest BCUT2D eigenvalue weighted by Crippen LogP contribution is 2.22. The van der Waals surface area contributed by atoms with E-state index in [1.54, 1.807) is 0 Å². The van der Waals surface area contributed by atoms with Crippen LogP contribution in [-0.2, 0) is 0 Å². The number of aryl methyl sites for hydroxylation is 1. The Kier molecular flexibility index (Phi) is 3.75. The number of nitrogens with zero attached hydrogens (tertiary/aromatic N) is 3. The molecule has 0 amide bonds. The fourth-order valence-corrected chi connectivity index (χ4v) is 2.12. The SMILES string of the molecule is Cc1cc(N2CCC(CO)CC2)nc(NN)n1. The monoisotopic (exact) mass is 237 g/mol. The van der Waals surface area contributed by atoms with Crippen molar-refractivity contribution in [3.8, 4) is 0 Å². The molecule has 0 aromatic carbocycles. The molecule has 1 saturated heterocycles. The van der Waals surface area contributed by atoms with Crippen LogP contribution < -0.4 is 16.2 Å². The minimum absolute atomic E-state index is 0.284.